The fraction of sp³-hybridized carbons (Fsp3) is 0.385. The van der Waals surface area contributed by atoms with E-state index in [1.54, 1.807) is 4.90 Å². The van der Waals surface area contributed by atoms with Gasteiger partial charge < -0.3 is 4.90 Å². The Morgan fingerprint density at radius 3 is 2.89 bits per heavy atom. The van der Waals surface area contributed by atoms with Crippen LogP contribution in [0.1, 0.15) is 23.2 Å². The summed E-state index contributed by atoms with van der Waals surface area (Å²) in [5.41, 5.74) is 1.33. The molecule has 6 heteroatoms. The number of tetrazole rings is 1. The van der Waals surface area contributed by atoms with Crippen LogP contribution in [0.5, 0.6) is 0 Å². The molecule has 0 N–H and O–H groups in total. The second-order valence-electron chi connectivity index (χ2n) is 4.90. The molecule has 1 aromatic carbocycles. The molecular formula is C13H15N5O. The maximum Gasteiger partial charge on any atom is 0.255 e. The fourth-order valence-electron chi connectivity index (χ4n) is 2.10. The minimum Gasteiger partial charge on any atom is -0.341 e. The number of hydrogen-bond acceptors (Lipinski definition) is 4. The molecule has 1 fully saturated rings. The highest BCUT2D eigenvalue weighted by Gasteiger charge is 2.26. The largest absolute Gasteiger partial charge is 0.341 e. The van der Waals surface area contributed by atoms with Crippen LogP contribution < -0.4 is 0 Å². The van der Waals surface area contributed by atoms with Crippen LogP contribution in [0.2, 0.25) is 0 Å². The first-order valence-electron chi connectivity index (χ1n) is 6.33. The zero-order valence-corrected chi connectivity index (χ0v) is 10.7. The normalized spacial score (nSPS) is 14.4. The Balaban J connectivity index is 1.89. The van der Waals surface area contributed by atoms with Gasteiger partial charge in [0, 0.05) is 13.6 Å². The number of benzene rings is 1. The SMILES string of the molecule is CN(CC1CC1)C(=O)c1ccccc1-n1cnnn1. The van der Waals surface area contributed by atoms with E-state index in [0.717, 1.165) is 6.54 Å². The van der Waals surface area contributed by atoms with Gasteiger partial charge >= 0.3 is 0 Å². The summed E-state index contributed by atoms with van der Waals surface area (Å²) in [7, 11) is 1.84. The molecule has 6 nitrogen and oxygen atoms in total. The fourth-order valence-corrected chi connectivity index (χ4v) is 2.10. The predicted octanol–water partition coefficient (Wildman–Crippen LogP) is 1.14. The van der Waals surface area contributed by atoms with Gasteiger partial charge in [-0.25, -0.2) is 0 Å². The van der Waals surface area contributed by atoms with E-state index < -0.39 is 0 Å². The first-order chi connectivity index (χ1) is 9.25. The Bertz CT molecular complexity index is 576. The number of amides is 1. The second kappa shape index (κ2) is 4.79. The molecule has 1 aromatic heterocycles. The number of carbonyl (C=O) groups excluding carboxylic acids is 1. The molecule has 0 atom stereocenters. The molecule has 2 aromatic rings. The highest BCUT2D eigenvalue weighted by atomic mass is 16.2. The van der Waals surface area contributed by atoms with Crippen molar-refractivity contribution in [3.63, 3.8) is 0 Å². The first-order valence-corrected chi connectivity index (χ1v) is 6.33. The van der Waals surface area contributed by atoms with Crippen molar-refractivity contribution in [2.45, 2.75) is 12.8 Å². The smallest absolute Gasteiger partial charge is 0.255 e. The molecule has 0 unspecified atom stereocenters. The average Bonchev–Trinajstić information content (AvgIpc) is 3.08. The topological polar surface area (TPSA) is 63.9 Å². The van der Waals surface area contributed by atoms with Crippen LogP contribution in [-0.4, -0.2) is 44.6 Å². The number of nitrogens with zero attached hydrogens (tertiary/aromatic N) is 5. The molecule has 1 heterocycles. The van der Waals surface area contributed by atoms with E-state index >= 15 is 0 Å². The van der Waals surface area contributed by atoms with Crippen molar-refractivity contribution in [3.8, 4) is 5.69 Å². The summed E-state index contributed by atoms with van der Waals surface area (Å²) in [6, 6.07) is 7.37. The van der Waals surface area contributed by atoms with Gasteiger partial charge in [-0.15, -0.1) is 5.10 Å². The molecule has 0 spiro atoms. The third-order valence-corrected chi connectivity index (χ3v) is 3.31. The molecule has 3 rings (SSSR count). The minimum atomic E-state index is 0.0120. The lowest BCUT2D eigenvalue weighted by molar-refractivity contribution is 0.0788. The number of rotatable bonds is 4. The van der Waals surface area contributed by atoms with Crippen molar-refractivity contribution in [1.29, 1.82) is 0 Å². The Labute approximate surface area is 111 Å². The van der Waals surface area contributed by atoms with Crippen LogP contribution in [0.3, 0.4) is 0 Å². The molecular weight excluding hydrogens is 242 g/mol. The first kappa shape index (κ1) is 11.8. The maximum atomic E-state index is 12.5. The van der Waals surface area contributed by atoms with Crippen LogP contribution >= 0.6 is 0 Å². The van der Waals surface area contributed by atoms with Crippen LogP contribution in [-0.2, 0) is 0 Å². The van der Waals surface area contributed by atoms with Crippen molar-refractivity contribution >= 4 is 5.91 Å². The summed E-state index contributed by atoms with van der Waals surface area (Å²) >= 11 is 0. The summed E-state index contributed by atoms with van der Waals surface area (Å²) < 4.78 is 1.51. The number of carbonyl (C=O) groups is 1. The Morgan fingerprint density at radius 2 is 2.21 bits per heavy atom. The highest BCUT2D eigenvalue weighted by molar-refractivity contribution is 5.97. The lowest BCUT2D eigenvalue weighted by Crippen LogP contribution is -2.29. The van der Waals surface area contributed by atoms with Gasteiger partial charge in [0.25, 0.3) is 5.91 Å². The van der Waals surface area contributed by atoms with Crippen molar-refractivity contribution in [2.24, 2.45) is 5.92 Å². The van der Waals surface area contributed by atoms with Gasteiger partial charge in [0.05, 0.1) is 11.3 Å². The van der Waals surface area contributed by atoms with Gasteiger partial charge in [-0.05, 0) is 41.3 Å². The van der Waals surface area contributed by atoms with E-state index in [-0.39, 0.29) is 5.91 Å². The van der Waals surface area contributed by atoms with E-state index in [1.165, 1.54) is 23.9 Å². The zero-order chi connectivity index (χ0) is 13.2. The van der Waals surface area contributed by atoms with Gasteiger partial charge in [0.2, 0.25) is 0 Å². The maximum absolute atomic E-state index is 12.5. The van der Waals surface area contributed by atoms with Crippen molar-refractivity contribution in [2.75, 3.05) is 13.6 Å². The molecule has 0 radical (unpaired) electrons. The van der Waals surface area contributed by atoms with E-state index in [2.05, 4.69) is 15.5 Å². The van der Waals surface area contributed by atoms with Gasteiger partial charge in [-0.2, -0.15) is 4.68 Å². The summed E-state index contributed by atoms with van der Waals surface area (Å²) in [5, 5.41) is 11.1. The lowest BCUT2D eigenvalue weighted by atomic mass is 10.1. The molecule has 1 saturated carbocycles. The predicted molar refractivity (Wildman–Crippen MR) is 68.8 cm³/mol. The number of aromatic nitrogens is 4. The molecule has 98 valence electrons. The average molecular weight is 257 g/mol. The van der Waals surface area contributed by atoms with Crippen molar-refractivity contribution in [1.82, 2.24) is 25.1 Å². The monoisotopic (exact) mass is 257 g/mol. The van der Waals surface area contributed by atoms with Crippen LogP contribution in [0.25, 0.3) is 5.69 Å². The summed E-state index contributed by atoms with van der Waals surface area (Å²) in [4.78, 5) is 14.2. The quantitative estimate of drug-likeness (QED) is 0.824. The second-order valence-corrected chi connectivity index (χ2v) is 4.90. The van der Waals surface area contributed by atoms with E-state index in [4.69, 9.17) is 0 Å². The number of para-hydroxylation sites is 1. The number of hydrogen-bond donors (Lipinski definition) is 0. The van der Waals surface area contributed by atoms with Gasteiger partial charge in [0.15, 0.2) is 0 Å². The minimum absolute atomic E-state index is 0.0120. The lowest BCUT2D eigenvalue weighted by Gasteiger charge is -2.18. The standard InChI is InChI=1S/C13H15N5O/c1-17(8-10-6-7-10)13(19)11-4-2-3-5-12(11)18-9-14-15-16-18/h2-5,9-10H,6-8H2,1H3. The van der Waals surface area contributed by atoms with Gasteiger partial charge in [-0.1, -0.05) is 12.1 Å². The summed E-state index contributed by atoms with van der Waals surface area (Å²) in [6.07, 6.45) is 3.95. The summed E-state index contributed by atoms with van der Waals surface area (Å²) in [5.74, 6) is 0.687. The van der Waals surface area contributed by atoms with Gasteiger partial charge in [0.1, 0.15) is 6.33 Å². The molecule has 1 aliphatic carbocycles. The third-order valence-electron chi connectivity index (χ3n) is 3.31. The van der Waals surface area contributed by atoms with Crippen molar-refractivity contribution in [3.05, 3.63) is 36.2 Å². The molecule has 1 aliphatic rings. The third kappa shape index (κ3) is 2.47. The van der Waals surface area contributed by atoms with Crippen LogP contribution in [0.15, 0.2) is 30.6 Å². The van der Waals surface area contributed by atoms with E-state index in [9.17, 15) is 4.79 Å². The summed E-state index contributed by atoms with van der Waals surface area (Å²) in [6.45, 7) is 0.822. The molecule has 0 saturated heterocycles. The zero-order valence-electron chi connectivity index (χ0n) is 10.7. The van der Waals surface area contributed by atoms with Crippen LogP contribution in [0, 0.1) is 5.92 Å². The van der Waals surface area contributed by atoms with E-state index in [0.29, 0.717) is 17.2 Å². The van der Waals surface area contributed by atoms with E-state index in [1.807, 2.05) is 31.3 Å². The Hall–Kier alpha value is -2.24. The molecule has 0 aliphatic heterocycles. The Morgan fingerprint density at radius 1 is 1.42 bits per heavy atom. The van der Waals surface area contributed by atoms with Crippen LogP contribution in [0.4, 0.5) is 0 Å². The van der Waals surface area contributed by atoms with Gasteiger partial charge in [-0.3, -0.25) is 4.79 Å². The van der Waals surface area contributed by atoms with Crippen molar-refractivity contribution < 1.29 is 4.79 Å². The highest BCUT2D eigenvalue weighted by Crippen LogP contribution is 2.29. The molecule has 1 amide bonds. The Kier molecular flexibility index (Phi) is 2.98. The molecule has 0 bridgehead atoms. The molecule has 19 heavy (non-hydrogen) atoms.